The number of rotatable bonds is 2. The first-order valence-electron chi connectivity index (χ1n) is 5.32. The molecule has 82 valence electrons. The number of halogens is 1. The van der Waals surface area contributed by atoms with Crippen molar-refractivity contribution in [1.29, 1.82) is 0 Å². The van der Waals surface area contributed by atoms with E-state index in [9.17, 15) is 4.39 Å². The van der Waals surface area contributed by atoms with Crippen molar-refractivity contribution in [2.45, 2.75) is 32.0 Å². The maximum Gasteiger partial charge on any atom is 0.126 e. The number of nitrogens with two attached hydrogens (primary N) is 1. The van der Waals surface area contributed by atoms with Crippen LogP contribution in [0.3, 0.4) is 0 Å². The second-order valence-electron chi connectivity index (χ2n) is 4.07. The normalized spacial score (nSPS) is 25.8. The molecule has 15 heavy (non-hydrogen) atoms. The summed E-state index contributed by atoms with van der Waals surface area (Å²) in [6, 6.07) is 5.16. The molecular formula is C12H16FNO. The molecule has 0 bridgehead atoms. The van der Waals surface area contributed by atoms with E-state index >= 15 is 0 Å². The van der Waals surface area contributed by atoms with Gasteiger partial charge in [-0.3, -0.25) is 0 Å². The lowest BCUT2D eigenvalue weighted by molar-refractivity contribution is 0.0498. The second-order valence-corrected chi connectivity index (χ2v) is 4.07. The minimum atomic E-state index is -0.160. The van der Waals surface area contributed by atoms with Gasteiger partial charge in [-0.25, -0.2) is 4.39 Å². The van der Waals surface area contributed by atoms with Gasteiger partial charge in [0.2, 0.25) is 0 Å². The van der Waals surface area contributed by atoms with E-state index in [0.717, 1.165) is 18.4 Å². The molecule has 1 fully saturated rings. The summed E-state index contributed by atoms with van der Waals surface area (Å²) in [4.78, 5) is 0. The van der Waals surface area contributed by atoms with Gasteiger partial charge in [-0.1, -0.05) is 12.1 Å². The molecule has 2 N–H and O–H groups in total. The third-order valence-corrected chi connectivity index (χ3v) is 2.92. The van der Waals surface area contributed by atoms with Crippen LogP contribution in [-0.4, -0.2) is 12.6 Å². The summed E-state index contributed by atoms with van der Waals surface area (Å²) < 4.78 is 18.8. The molecule has 2 rings (SSSR count). The highest BCUT2D eigenvalue weighted by atomic mass is 19.1. The van der Waals surface area contributed by atoms with E-state index in [-0.39, 0.29) is 18.0 Å². The van der Waals surface area contributed by atoms with Gasteiger partial charge in [0.25, 0.3) is 0 Å². The molecule has 0 aliphatic carbocycles. The van der Waals surface area contributed by atoms with Gasteiger partial charge in [0, 0.05) is 6.54 Å². The fourth-order valence-electron chi connectivity index (χ4n) is 1.99. The first-order chi connectivity index (χ1) is 7.20. The number of hydrogen-bond acceptors (Lipinski definition) is 2. The van der Waals surface area contributed by atoms with Gasteiger partial charge in [0.1, 0.15) is 5.82 Å². The largest absolute Gasteiger partial charge is 0.369 e. The molecule has 0 amide bonds. The number of aryl methyl sites for hydroxylation is 1. The lowest BCUT2D eigenvalue weighted by Gasteiger charge is -2.13. The van der Waals surface area contributed by atoms with Crippen molar-refractivity contribution in [1.82, 2.24) is 0 Å². The maximum atomic E-state index is 13.1. The van der Waals surface area contributed by atoms with E-state index in [1.807, 2.05) is 6.07 Å². The van der Waals surface area contributed by atoms with Crippen LogP contribution in [0, 0.1) is 12.7 Å². The van der Waals surface area contributed by atoms with Gasteiger partial charge in [0.05, 0.1) is 12.2 Å². The molecule has 1 aliphatic rings. The van der Waals surface area contributed by atoms with Crippen molar-refractivity contribution >= 4 is 0 Å². The van der Waals surface area contributed by atoms with Crippen LogP contribution in [0.4, 0.5) is 4.39 Å². The molecule has 1 saturated heterocycles. The SMILES string of the molecule is Cc1cc(C2CC[C@H](CN)O2)ccc1F. The van der Waals surface area contributed by atoms with Crippen LogP contribution in [-0.2, 0) is 4.74 Å². The van der Waals surface area contributed by atoms with Crippen molar-refractivity contribution in [2.75, 3.05) is 6.54 Å². The van der Waals surface area contributed by atoms with E-state index in [2.05, 4.69) is 0 Å². The molecule has 2 atom stereocenters. The topological polar surface area (TPSA) is 35.2 Å². The maximum absolute atomic E-state index is 13.1. The summed E-state index contributed by atoms with van der Waals surface area (Å²) >= 11 is 0. The Kier molecular flexibility index (Phi) is 3.03. The zero-order valence-electron chi connectivity index (χ0n) is 8.87. The fourth-order valence-corrected chi connectivity index (χ4v) is 1.99. The molecule has 1 unspecified atom stereocenters. The lowest BCUT2D eigenvalue weighted by Crippen LogP contribution is -2.18. The van der Waals surface area contributed by atoms with Crippen molar-refractivity contribution in [3.05, 3.63) is 35.1 Å². The molecule has 1 aliphatic heterocycles. The second kappa shape index (κ2) is 4.29. The average Bonchev–Trinajstić information content (AvgIpc) is 2.70. The summed E-state index contributed by atoms with van der Waals surface area (Å²) in [5.74, 6) is -0.160. The monoisotopic (exact) mass is 209 g/mol. The molecule has 0 radical (unpaired) electrons. The summed E-state index contributed by atoms with van der Waals surface area (Å²) in [5, 5.41) is 0. The number of benzene rings is 1. The van der Waals surface area contributed by atoms with E-state index in [1.54, 1.807) is 13.0 Å². The molecule has 1 heterocycles. The molecule has 0 saturated carbocycles. The average molecular weight is 209 g/mol. The molecular weight excluding hydrogens is 193 g/mol. The van der Waals surface area contributed by atoms with Crippen molar-refractivity contribution < 1.29 is 9.13 Å². The molecule has 1 aromatic rings. The third kappa shape index (κ3) is 2.19. The van der Waals surface area contributed by atoms with E-state index < -0.39 is 0 Å². The lowest BCUT2D eigenvalue weighted by atomic mass is 10.0. The van der Waals surface area contributed by atoms with E-state index in [4.69, 9.17) is 10.5 Å². The molecule has 2 nitrogen and oxygen atoms in total. The van der Waals surface area contributed by atoms with Gasteiger partial charge in [0.15, 0.2) is 0 Å². The van der Waals surface area contributed by atoms with Gasteiger partial charge in [-0.15, -0.1) is 0 Å². The summed E-state index contributed by atoms with van der Waals surface area (Å²) in [7, 11) is 0. The number of ether oxygens (including phenoxy) is 1. The van der Waals surface area contributed by atoms with Crippen LogP contribution in [0.2, 0.25) is 0 Å². The van der Waals surface area contributed by atoms with E-state index in [1.165, 1.54) is 6.07 Å². The van der Waals surface area contributed by atoms with Crippen LogP contribution in [0.1, 0.15) is 30.1 Å². The van der Waals surface area contributed by atoms with Crippen molar-refractivity contribution in [2.24, 2.45) is 5.73 Å². The Balaban J connectivity index is 2.13. The van der Waals surface area contributed by atoms with Gasteiger partial charge in [-0.05, 0) is 37.0 Å². The van der Waals surface area contributed by atoms with Crippen LogP contribution >= 0.6 is 0 Å². The predicted molar refractivity (Wildman–Crippen MR) is 57.0 cm³/mol. The van der Waals surface area contributed by atoms with Crippen LogP contribution in [0.15, 0.2) is 18.2 Å². The van der Waals surface area contributed by atoms with Gasteiger partial charge < -0.3 is 10.5 Å². The zero-order chi connectivity index (χ0) is 10.8. The number of hydrogen-bond donors (Lipinski definition) is 1. The fraction of sp³-hybridized carbons (Fsp3) is 0.500. The Hall–Kier alpha value is -0.930. The predicted octanol–water partition coefficient (Wildman–Crippen LogP) is 2.31. The molecule has 3 heteroatoms. The molecule has 0 aromatic heterocycles. The van der Waals surface area contributed by atoms with Gasteiger partial charge >= 0.3 is 0 Å². The summed E-state index contributed by atoms with van der Waals surface area (Å²) in [6.07, 6.45) is 2.24. The minimum Gasteiger partial charge on any atom is -0.369 e. The third-order valence-electron chi connectivity index (χ3n) is 2.92. The Morgan fingerprint density at radius 1 is 1.47 bits per heavy atom. The van der Waals surface area contributed by atoms with E-state index in [0.29, 0.717) is 12.1 Å². The zero-order valence-corrected chi connectivity index (χ0v) is 8.87. The Morgan fingerprint density at radius 3 is 2.87 bits per heavy atom. The summed E-state index contributed by atoms with van der Waals surface area (Å²) in [5.41, 5.74) is 7.28. The molecule has 0 spiro atoms. The highest BCUT2D eigenvalue weighted by Crippen LogP contribution is 2.32. The van der Waals surface area contributed by atoms with Crippen molar-refractivity contribution in [3.8, 4) is 0 Å². The van der Waals surface area contributed by atoms with Crippen LogP contribution in [0.25, 0.3) is 0 Å². The van der Waals surface area contributed by atoms with Crippen molar-refractivity contribution in [3.63, 3.8) is 0 Å². The Morgan fingerprint density at radius 2 is 2.27 bits per heavy atom. The first kappa shape index (κ1) is 10.6. The minimum absolute atomic E-state index is 0.0952. The summed E-state index contributed by atoms with van der Waals surface area (Å²) in [6.45, 7) is 2.34. The Bertz CT molecular complexity index is 353. The van der Waals surface area contributed by atoms with Gasteiger partial charge in [-0.2, -0.15) is 0 Å². The van der Waals surface area contributed by atoms with Crippen LogP contribution in [0.5, 0.6) is 0 Å². The standard InChI is InChI=1S/C12H16FNO/c1-8-6-9(2-4-11(8)13)12-5-3-10(7-14)15-12/h2,4,6,10,12H,3,5,7,14H2,1H3/t10-,12?/m1/s1. The Labute approximate surface area is 89.2 Å². The molecule has 1 aromatic carbocycles. The smallest absolute Gasteiger partial charge is 0.126 e. The quantitative estimate of drug-likeness (QED) is 0.811. The highest BCUT2D eigenvalue weighted by molar-refractivity contribution is 5.26. The highest BCUT2D eigenvalue weighted by Gasteiger charge is 2.25. The first-order valence-corrected chi connectivity index (χ1v) is 5.32. The van der Waals surface area contributed by atoms with Crippen LogP contribution < -0.4 is 5.73 Å².